The van der Waals surface area contributed by atoms with E-state index in [9.17, 15) is 13.5 Å². The van der Waals surface area contributed by atoms with Gasteiger partial charge in [0.15, 0.2) is 0 Å². The molecular weight excluding hydrogens is 420 g/mol. The van der Waals surface area contributed by atoms with E-state index in [2.05, 4.69) is 9.71 Å². The van der Waals surface area contributed by atoms with Crippen molar-refractivity contribution in [2.45, 2.75) is 23.7 Å². The third-order valence-corrected chi connectivity index (χ3v) is 7.24. The van der Waals surface area contributed by atoms with E-state index < -0.39 is 15.6 Å². The molecule has 6 nitrogen and oxygen atoms in total. The Morgan fingerprint density at radius 1 is 1.13 bits per heavy atom. The molecule has 0 aliphatic carbocycles. The predicted molar refractivity (Wildman–Crippen MR) is 121 cm³/mol. The fraction of sp³-hybridized carbons (Fsp3) is 0.136. The van der Waals surface area contributed by atoms with Gasteiger partial charge in [0.25, 0.3) is 10.0 Å². The van der Waals surface area contributed by atoms with Gasteiger partial charge in [-0.25, -0.2) is 8.42 Å². The maximum Gasteiger partial charge on any atom is 0.271 e. The number of phenols is 1. The van der Waals surface area contributed by atoms with E-state index >= 15 is 0 Å². The zero-order valence-electron chi connectivity index (χ0n) is 16.4. The van der Waals surface area contributed by atoms with E-state index in [0.29, 0.717) is 28.3 Å². The van der Waals surface area contributed by atoms with E-state index in [1.165, 1.54) is 0 Å². The molecule has 2 aromatic carbocycles. The molecule has 2 N–H and O–H groups in total. The normalized spacial score (nSPS) is 15.0. The SMILES string of the molecule is CC1(C)C=Cc2c(ccc(C=Nc3ccc(NS(=O)(=O)c4cccs4)cc3)c2O)O1. The van der Waals surface area contributed by atoms with E-state index in [1.807, 2.05) is 32.1 Å². The molecule has 0 radical (unpaired) electrons. The summed E-state index contributed by atoms with van der Waals surface area (Å²) in [6.45, 7) is 3.89. The van der Waals surface area contributed by atoms with Crippen LogP contribution in [0.15, 0.2) is 69.2 Å². The van der Waals surface area contributed by atoms with E-state index in [0.717, 1.165) is 11.3 Å². The van der Waals surface area contributed by atoms with Gasteiger partial charge in [-0.05, 0) is 73.8 Å². The number of nitrogens with one attached hydrogen (secondary N) is 1. The predicted octanol–water partition coefficient (Wildman–Crippen LogP) is 5.19. The Morgan fingerprint density at radius 2 is 1.90 bits per heavy atom. The van der Waals surface area contributed by atoms with Gasteiger partial charge in [0.2, 0.25) is 0 Å². The van der Waals surface area contributed by atoms with Gasteiger partial charge >= 0.3 is 0 Å². The van der Waals surface area contributed by atoms with Crippen molar-refractivity contribution >= 4 is 45.0 Å². The number of phenolic OH excluding ortho intramolecular Hbond substituents is 1. The van der Waals surface area contributed by atoms with Crippen molar-refractivity contribution in [2.24, 2.45) is 4.99 Å². The summed E-state index contributed by atoms with van der Waals surface area (Å²) >= 11 is 1.16. The van der Waals surface area contributed by atoms with Crippen LogP contribution in [0.3, 0.4) is 0 Å². The molecule has 4 rings (SSSR count). The van der Waals surface area contributed by atoms with Gasteiger partial charge in [-0.15, -0.1) is 11.3 Å². The van der Waals surface area contributed by atoms with Crippen molar-refractivity contribution in [2.75, 3.05) is 4.72 Å². The first-order valence-corrected chi connectivity index (χ1v) is 11.5. The smallest absolute Gasteiger partial charge is 0.271 e. The van der Waals surface area contributed by atoms with Crippen LogP contribution in [0, 0.1) is 0 Å². The van der Waals surface area contributed by atoms with Crippen molar-refractivity contribution in [3.8, 4) is 11.5 Å². The fourth-order valence-corrected chi connectivity index (χ4v) is 4.99. The summed E-state index contributed by atoms with van der Waals surface area (Å²) in [6.07, 6.45) is 5.31. The van der Waals surface area contributed by atoms with E-state index in [-0.39, 0.29) is 9.96 Å². The third-order valence-electron chi connectivity index (χ3n) is 4.46. The molecule has 2 heterocycles. The lowest BCUT2D eigenvalue weighted by Crippen LogP contribution is -2.27. The standard InChI is InChI=1S/C22H20N2O4S2/c1-22(2)12-11-18-19(28-22)10-5-15(21(18)25)14-23-16-6-8-17(9-7-16)24-30(26,27)20-4-3-13-29-20/h3-14,24-25H,1-2H3. The minimum absolute atomic E-state index is 0.100. The Labute approximate surface area is 179 Å². The van der Waals surface area contributed by atoms with Crippen molar-refractivity contribution < 1.29 is 18.3 Å². The van der Waals surface area contributed by atoms with Gasteiger partial charge in [0.05, 0.1) is 11.3 Å². The second-order valence-corrected chi connectivity index (χ2v) is 10.2. The van der Waals surface area contributed by atoms with Crippen LogP contribution in [-0.2, 0) is 10.0 Å². The van der Waals surface area contributed by atoms with Crippen molar-refractivity contribution in [1.29, 1.82) is 0 Å². The summed E-state index contributed by atoms with van der Waals surface area (Å²) in [4.78, 5) is 4.38. The highest BCUT2D eigenvalue weighted by molar-refractivity contribution is 7.94. The minimum Gasteiger partial charge on any atom is -0.506 e. The van der Waals surface area contributed by atoms with E-state index in [4.69, 9.17) is 4.74 Å². The number of aliphatic imine (C=N–C) groups is 1. The molecule has 0 atom stereocenters. The number of fused-ring (bicyclic) bond motifs is 1. The summed E-state index contributed by atoms with van der Waals surface area (Å²) in [6, 6.07) is 13.5. The van der Waals surface area contributed by atoms with Crippen molar-refractivity contribution in [3.63, 3.8) is 0 Å². The number of sulfonamides is 1. The molecule has 1 aliphatic heterocycles. The zero-order chi connectivity index (χ0) is 21.4. The molecule has 0 saturated carbocycles. The molecule has 0 fully saturated rings. The highest BCUT2D eigenvalue weighted by atomic mass is 32.2. The first kappa shape index (κ1) is 20.2. The van der Waals surface area contributed by atoms with Crippen molar-refractivity contribution in [3.05, 3.63) is 71.1 Å². The number of anilines is 1. The molecule has 8 heteroatoms. The largest absolute Gasteiger partial charge is 0.506 e. The number of hydrogen-bond donors (Lipinski definition) is 2. The molecular formula is C22H20N2O4S2. The Morgan fingerprint density at radius 3 is 2.60 bits per heavy atom. The lowest BCUT2D eigenvalue weighted by molar-refractivity contribution is 0.158. The lowest BCUT2D eigenvalue weighted by Gasteiger charge is -2.28. The van der Waals surface area contributed by atoms with Crippen LogP contribution >= 0.6 is 11.3 Å². The molecule has 1 aliphatic rings. The molecule has 0 amide bonds. The Hall–Kier alpha value is -3.10. The molecule has 0 saturated heterocycles. The average molecular weight is 441 g/mol. The molecule has 3 aromatic rings. The molecule has 30 heavy (non-hydrogen) atoms. The molecule has 0 bridgehead atoms. The van der Waals surface area contributed by atoms with Crippen LogP contribution in [0.2, 0.25) is 0 Å². The lowest BCUT2D eigenvalue weighted by atomic mass is 10.00. The summed E-state index contributed by atoms with van der Waals surface area (Å²) in [7, 11) is -3.58. The number of rotatable bonds is 5. The topological polar surface area (TPSA) is 88.0 Å². The zero-order valence-corrected chi connectivity index (χ0v) is 18.0. The second-order valence-electron chi connectivity index (χ2n) is 7.30. The molecule has 1 aromatic heterocycles. The van der Waals surface area contributed by atoms with Crippen LogP contribution in [-0.4, -0.2) is 25.3 Å². The number of hydrogen-bond acceptors (Lipinski definition) is 6. The highest BCUT2D eigenvalue weighted by Gasteiger charge is 2.24. The van der Waals surface area contributed by atoms with Crippen LogP contribution in [0.4, 0.5) is 11.4 Å². The quantitative estimate of drug-likeness (QED) is 0.535. The fourth-order valence-electron chi connectivity index (χ4n) is 2.94. The van der Waals surface area contributed by atoms with Crippen LogP contribution in [0.25, 0.3) is 6.08 Å². The maximum atomic E-state index is 12.3. The van der Waals surface area contributed by atoms with Crippen LogP contribution in [0.5, 0.6) is 11.5 Å². The van der Waals surface area contributed by atoms with Gasteiger partial charge in [-0.3, -0.25) is 9.71 Å². The Balaban J connectivity index is 1.50. The number of benzene rings is 2. The van der Waals surface area contributed by atoms with Gasteiger partial charge in [-0.2, -0.15) is 0 Å². The summed E-state index contributed by atoms with van der Waals surface area (Å²) in [5.41, 5.74) is 1.84. The first-order chi connectivity index (χ1) is 14.2. The summed E-state index contributed by atoms with van der Waals surface area (Å²) in [5, 5.41) is 12.3. The second kappa shape index (κ2) is 7.62. The number of ether oxygens (including phenoxy) is 1. The van der Waals surface area contributed by atoms with Gasteiger partial charge < -0.3 is 9.84 Å². The first-order valence-electron chi connectivity index (χ1n) is 9.18. The van der Waals surface area contributed by atoms with Gasteiger partial charge in [0.1, 0.15) is 21.3 Å². The summed E-state index contributed by atoms with van der Waals surface area (Å²) < 4.78 is 33.2. The molecule has 154 valence electrons. The maximum absolute atomic E-state index is 12.3. The summed E-state index contributed by atoms with van der Waals surface area (Å²) in [5.74, 6) is 0.725. The minimum atomic E-state index is -3.58. The van der Waals surface area contributed by atoms with Crippen LogP contribution < -0.4 is 9.46 Å². The highest BCUT2D eigenvalue weighted by Crippen LogP contribution is 2.38. The third kappa shape index (κ3) is 4.24. The Kier molecular flexibility index (Phi) is 5.13. The number of nitrogens with zero attached hydrogens (tertiary/aromatic N) is 1. The number of aromatic hydroxyl groups is 1. The number of thiophene rings is 1. The van der Waals surface area contributed by atoms with Gasteiger partial charge in [-0.1, -0.05) is 6.07 Å². The Bertz CT molecular complexity index is 1230. The van der Waals surface area contributed by atoms with Gasteiger partial charge in [0, 0.05) is 17.5 Å². The monoisotopic (exact) mass is 440 g/mol. The molecule has 0 spiro atoms. The van der Waals surface area contributed by atoms with E-state index in [1.54, 1.807) is 54.1 Å². The van der Waals surface area contributed by atoms with Crippen molar-refractivity contribution in [1.82, 2.24) is 0 Å². The average Bonchev–Trinajstić information content (AvgIpc) is 3.23. The molecule has 0 unspecified atom stereocenters. The van der Waals surface area contributed by atoms with Crippen LogP contribution in [0.1, 0.15) is 25.0 Å².